The smallest absolute Gasteiger partial charge is 0.0351 e. The van der Waals surface area contributed by atoms with Gasteiger partial charge in [0.1, 0.15) is 0 Å². The second-order valence-electron chi connectivity index (χ2n) is 7.27. The van der Waals surface area contributed by atoms with Crippen molar-refractivity contribution in [2.45, 2.75) is 124 Å². The summed E-state index contributed by atoms with van der Waals surface area (Å²) in [6.07, 6.45) is 27.3. The topological polar surface area (TPSA) is 0 Å². The highest BCUT2D eigenvalue weighted by atomic mass is 14.1. The molecule has 0 unspecified atom stereocenters. The molecule has 22 heavy (non-hydrogen) atoms. The predicted octanol–water partition coefficient (Wildman–Crippen LogP) is 8.46. The Kier molecular flexibility index (Phi) is 18.6. The van der Waals surface area contributed by atoms with Crippen molar-refractivity contribution in [2.24, 2.45) is 5.92 Å². The number of hydrogen-bond acceptors (Lipinski definition) is 0. The maximum Gasteiger partial charge on any atom is -0.0351 e. The summed E-state index contributed by atoms with van der Waals surface area (Å²) in [6, 6.07) is 0. The van der Waals surface area contributed by atoms with Gasteiger partial charge in [-0.1, -0.05) is 110 Å². The first-order chi connectivity index (χ1) is 10.8. The minimum absolute atomic E-state index is 0.954. The van der Waals surface area contributed by atoms with Gasteiger partial charge in [0.2, 0.25) is 0 Å². The van der Waals surface area contributed by atoms with Crippen LogP contribution >= 0.6 is 0 Å². The van der Waals surface area contributed by atoms with Crippen molar-refractivity contribution in [3.63, 3.8) is 0 Å². The van der Waals surface area contributed by atoms with E-state index in [0.29, 0.717) is 0 Å². The molecule has 132 valence electrons. The fourth-order valence-electron chi connectivity index (χ4n) is 3.10. The number of rotatable bonds is 17. The molecule has 0 aliphatic heterocycles. The molecule has 0 aliphatic rings. The molecule has 0 saturated carbocycles. The van der Waals surface area contributed by atoms with E-state index in [1.54, 1.807) is 0 Å². The maximum atomic E-state index is 2.46. The number of hydrogen-bond donors (Lipinski definition) is 0. The van der Waals surface area contributed by atoms with Gasteiger partial charge >= 0.3 is 0 Å². The van der Waals surface area contributed by atoms with Crippen LogP contribution in [0.5, 0.6) is 0 Å². The highest BCUT2D eigenvalue weighted by Crippen LogP contribution is 2.18. The summed E-state index contributed by atoms with van der Waals surface area (Å²) < 4.78 is 0. The first kappa shape index (κ1) is 21.7. The molecular formula is C22H44. The van der Waals surface area contributed by atoms with Crippen LogP contribution in [0.4, 0.5) is 0 Å². The van der Waals surface area contributed by atoms with E-state index in [0.717, 1.165) is 5.92 Å². The predicted molar refractivity (Wildman–Crippen MR) is 104 cm³/mol. The summed E-state index contributed by atoms with van der Waals surface area (Å²) in [6.45, 7) is 7.03. The molecule has 0 heteroatoms. The quantitative estimate of drug-likeness (QED) is 0.187. The zero-order chi connectivity index (χ0) is 16.3. The second-order valence-corrected chi connectivity index (χ2v) is 7.27. The molecule has 0 N–H and O–H groups in total. The van der Waals surface area contributed by atoms with E-state index in [1.807, 2.05) is 0 Å². The molecule has 0 aromatic heterocycles. The van der Waals surface area contributed by atoms with Crippen molar-refractivity contribution in [3.05, 3.63) is 12.2 Å². The van der Waals surface area contributed by atoms with Gasteiger partial charge in [-0.2, -0.15) is 0 Å². The summed E-state index contributed by atoms with van der Waals surface area (Å²) >= 11 is 0. The SMILES string of the molecule is CCCCC/C=C/CCCCC[C@@H](C)CCCCCCCC. The van der Waals surface area contributed by atoms with Gasteiger partial charge in [-0.15, -0.1) is 0 Å². The Morgan fingerprint density at radius 1 is 0.545 bits per heavy atom. The number of unbranched alkanes of at least 4 members (excludes halogenated alkanes) is 11. The zero-order valence-electron chi connectivity index (χ0n) is 16.0. The Morgan fingerprint density at radius 2 is 0.955 bits per heavy atom. The van der Waals surface area contributed by atoms with Crippen molar-refractivity contribution < 1.29 is 0 Å². The average molecular weight is 309 g/mol. The van der Waals surface area contributed by atoms with Crippen LogP contribution in [0.2, 0.25) is 0 Å². The zero-order valence-corrected chi connectivity index (χ0v) is 16.0. The molecule has 0 radical (unpaired) electrons. The Hall–Kier alpha value is -0.260. The van der Waals surface area contributed by atoms with Crippen LogP contribution in [-0.2, 0) is 0 Å². The van der Waals surface area contributed by atoms with Crippen LogP contribution in [0, 0.1) is 5.92 Å². The molecule has 1 atom stereocenters. The van der Waals surface area contributed by atoms with Crippen molar-refractivity contribution in [1.82, 2.24) is 0 Å². The van der Waals surface area contributed by atoms with Crippen LogP contribution in [0.1, 0.15) is 124 Å². The lowest BCUT2D eigenvalue weighted by atomic mass is 9.96. The van der Waals surface area contributed by atoms with Crippen molar-refractivity contribution >= 4 is 0 Å². The van der Waals surface area contributed by atoms with Crippen LogP contribution in [0.15, 0.2) is 12.2 Å². The maximum absolute atomic E-state index is 2.46. The molecule has 0 aliphatic carbocycles. The fraction of sp³-hybridized carbons (Fsp3) is 0.909. The van der Waals surface area contributed by atoms with Gasteiger partial charge in [-0.3, -0.25) is 0 Å². The van der Waals surface area contributed by atoms with E-state index < -0.39 is 0 Å². The monoisotopic (exact) mass is 308 g/mol. The summed E-state index contributed by atoms with van der Waals surface area (Å²) in [5, 5.41) is 0. The molecule has 0 fully saturated rings. The van der Waals surface area contributed by atoms with E-state index >= 15 is 0 Å². The first-order valence-electron chi connectivity index (χ1n) is 10.5. The minimum atomic E-state index is 0.954. The Bertz CT molecular complexity index is 216. The van der Waals surface area contributed by atoms with E-state index in [4.69, 9.17) is 0 Å². The van der Waals surface area contributed by atoms with E-state index in [1.165, 1.54) is 103 Å². The number of allylic oxidation sites excluding steroid dienone is 2. The summed E-state index contributed by atoms with van der Waals surface area (Å²) in [5.74, 6) is 0.954. The Labute approximate surface area is 142 Å². The van der Waals surface area contributed by atoms with Gasteiger partial charge in [0, 0.05) is 0 Å². The van der Waals surface area contributed by atoms with Gasteiger partial charge in [0.05, 0.1) is 0 Å². The fourth-order valence-corrected chi connectivity index (χ4v) is 3.10. The third-order valence-corrected chi connectivity index (χ3v) is 4.76. The van der Waals surface area contributed by atoms with Gasteiger partial charge in [0.15, 0.2) is 0 Å². The van der Waals surface area contributed by atoms with Gasteiger partial charge < -0.3 is 0 Å². The molecule has 0 aromatic carbocycles. The lowest BCUT2D eigenvalue weighted by molar-refractivity contribution is 0.435. The molecule has 0 saturated heterocycles. The Balaban J connectivity index is 3.19. The highest BCUT2D eigenvalue weighted by molar-refractivity contribution is 4.81. The molecule has 0 nitrogen and oxygen atoms in total. The van der Waals surface area contributed by atoms with Gasteiger partial charge in [0.25, 0.3) is 0 Å². The van der Waals surface area contributed by atoms with Crippen LogP contribution in [0.3, 0.4) is 0 Å². The molecular weight excluding hydrogens is 264 g/mol. The van der Waals surface area contributed by atoms with Crippen molar-refractivity contribution in [2.75, 3.05) is 0 Å². The molecule has 0 aromatic rings. The lowest BCUT2D eigenvalue weighted by Crippen LogP contribution is -1.95. The van der Waals surface area contributed by atoms with Crippen LogP contribution in [-0.4, -0.2) is 0 Å². The standard InChI is InChI=1S/C22H44/c1-4-6-8-10-12-13-14-15-17-19-21-22(3)20-18-16-11-9-7-5-2/h12-13,22H,4-11,14-21H2,1-3H3/b13-12+/t22-/m0/s1. The van der Waals surface area contributed by atoms with Gasteiger partial charge in [-0.25, -0.2) is 0 Å². The molecule has 0 bridgehead atoms. The molecule has 0 heterocycles. The normalized spacial score (nSPS) is 13.0. The van der Waals surface area contributed by atoms with E-state index in [2.05, 4.69) is 32.9 Å². The summed E-state index contributed by atoms with van der Waals surface area (Å²) in [4.78, 5) is 0. The summed E-state index contributed by atoms with van der Waals surface area (Å²) in [5.41, 5.74) is 0. The lowest BCUT2D eigenvalue weighted by Gasteiger charge is -2.10. The Morgan fingerprint density at radius 3 is 1.55 bits per heavy atom. The molecule has 0 spiro atoms. The largest absolute Gasteiger partial charge is 0.0885 e. The summed E-state index contributed by atoms with van der Waals surface area (Å²) in [7, 11) is 0. The highest BCUT2D eigenvalue weighted by Gasteiger charge is 2.01. The van der Waals surface area contributed by atoms with E-state index in [-0.39, 0.29) is 0 Å². The molecule has 0 rings (SSSR count). The molecule has 0 amide bonds. The van der Waals surface area contributed by atoms with E-state index in [9.17, 15) is 0 Å². The first-order valence-corrected chi connectivity index (χ1v) is 10.5. The van der Waals surface area contributed by atoms with Crippen molar-refractivity contribution in [1.29, 1.82) is 0 Å². The van der Waals surface area contributed by atoms with Crippen LogP contribution in [0.25, 0.3) is 0 Å². The second kappa shape index (κ2) is 18.8. The average Bonchev–Trinajstić information content (AvgIpc) is 2.52. The van der Waals surface area contributed by atoms with Crippen molar-refractivity contribution in [3.8, 4) is 0 Å². The van der Waals surface area contributed by atoms with Crippen LogP contribution < -0.4 is 0 Å². The van der Waals surface area contributed by atoms with Gasteiger partial charge in [-0.05, 0) is 31.6 Å². The minimum Gasteiger partial charge on any atom is -0.0885 e. The third kappa shape index (κ3) is 17.8. The third-order valence-electron chi connectivity index (χ3n) is 4.76.